The maximum atomic E-state index is 13.1. The maximum Gasteiger partial charge on any atom is 0.417 e. The van der Waals surface area contributed by atoms with E-state index >= 15 is 0 Å². The van der Waals surface area contributed by atoms with E-state index in [-0.39, 0.29) is 17.4 Å². The second-order valence-electron chi connectivity index (χ2n) is 4.71. The molecule has 7 heteroatoms. The number of hydrogen-bond acceptors (Lipinski definition) is 3. The van der Waals surface area contributed by atoms with E-state index in [1.54, 1.807) is 13.8 Å². The molecule has 2 rings (SSSR count). The van der Waals surface area contributed by atoms with Gasteiger partial charge in [-0.25, -0.2) is 14.4 Å². The van der Waals surface area contributed by atoms with Gasteiger partial charge in [-0.3, -0.25) is 0 Å². The minimum atomic E-state index is -4.69. The molecule has 21 heavy (non-hydrogen) atoms. The molecule has 112 valence electrons. The van der Waals surface area contributed by atoms with Gasteiger partial charge in [0.25, 0.3) is 0 Å². The first-order valence-electron chi connectivity index (χ1n) is 6.16. The fourth-order valence-electron chi connectivity index (χ4n) is 2.00. The SMILES string of the molecule is Cc1nc(-c2ccc(F)cc2C(F)(F)F)ncc1[C@@H](C)N. The number of alkyl halides is 3. The summed E-state index contributed by atoms with van der Waals surface area (Å²) in [7, 11) is 0. The van der Waals surface area contributed by atoms with Gasteiger partial charge < -0.3 is 5.73 Å². The summed E-state index contributed by atoms with van der Waals surface area (Å²) in [6.07, 6.45) is -3.29. The normalized spacial score (nSPS) is 13.3. The van der Waals surface area contributed by atoms with E-state index in [0.29, 0.717) is 17.3 Å². The lowest BCUT2D eigenvalue weighted by molar-refractivity contribution is -0.137. The first kappa shape index (κ1) is 15.4. The fourth-order valence-corrected chi connectivity index (χ4v) is 2.00. The Balaban J connectivity index is 2.60. The third kappa shape index (κ3) is 3.18. The fraction of sp³-hybridized carbons (Fsp3) is 0.286. The van der Waals surface area contributed by atoms with E-state index in [4.69, 9.17) is 5.73 Å². The summed E-state index contributed by atoms with van der Waals surface area (Å²) in [5.41, 5.74) is 5.49. The molecular weight excluding hydrogens is 286 g/mol. The molecule has 0 unspecified atom stereocenters. The van der Waals surface area contributed by atoms with Gasteiger partial charge in [-0.05, 0) is 32.0 Å². The van der Waals surface area contributed by atoms with Crippen molar-refractivity contribution in [2.24, 2.45) is 5.73 Å². The van der Waals surface area contributed by atoms with Crippen LogP contribution in [-0.2, 0) is 6.18 Å². The van der Waals surface area contributed by atoms with Gasteiger partial charge in [0, 0.05) is 29.1 Å². The van der Waals surface area contributed by atoms with Crippen LogP contribution in [0.25, 0.3) is 11.4 Å². The van der Waals surface area contributed by atoms with Gasteiger partial charge in [-0.15, -0.1) is 0 Å². The monoisotopic (exact) mass is 299 g/mol. The largest absolute Gasteiger partial charge is 0.417 e. The summed E-state index contributed by atoms with van der Waals surface area (Å²) in [6, 6.07) is 2.09. The molecule has 3 nitrogen and oxygen atoms in total. The smallest absolute Gasteiger partial charge is 0.324 e. The Hall–Kier alpha value is -2.02. The van der Waals surface area contributed by atoms with Crippen molar-refractivity contribution in [2.45, 2.75) is 26.1 Å². The number of aromatic nitrogens is 2. The summed E-state index contributed by atoms with van der Waals surface area (Å²) in [5, 5.41) is 0. The van der Waals surface area contributed by atoms with Crippen LogP contribution in [0.15, 0.2) is 24.4 Å². The highest BCUT2D eigenvalue weighted by Crippen LogP contribution is 2.36. The standard InChI is InChI=1S/C14H13F4N3/c1-7(19)11-6-20-13(21-8(11)2)10-4-3-9(15)5-12(10)14(16,17)18/h3-7H,19H2,1-2H3/t7-/m1/s1. The Kier molecular flexibility index (Phi) is 3.95. The second kappa shape index (κ2) is 5.40. The van der Waals surface area contributed by atoms with Gasteiger partial charge in [0.05, 0.1) is 5.56 Å². The number of rotatable bonds is 2. The second-order valence-corrected chi connectivity index (χ2v) is 4.71. The number of nitrogens with two attached hydrogens (primary N) is 1. The lowest BCUT2D eigenvalue weighted by Crippen LogP contribution is -2.12. The zero-order valence-electron chi connectivity index (χ0n) is 11.4. The van der Waals surface area contributed by atoms with Crippen molar-refractivity contribution in [3.63, 3.8) is 0 Å². The van der Waals surface area contributed by atoms with Crippen LogP contribution in [0.2, 0.25) is 0 Å². The quantitative estimate of drug-likeness (QED) is 0.862. The van der Waals surface area contributed by atoms with E-state index in [9.17, 15) is 17.6 Å². The highest BCUT2D eigenvalue weighted by atomic mass is 19.4. The molecule has 1 aromatic heterocycles. The molecule has 0 amide bonds. The number of benzene rings is 1. The molecule has 0 aliphatic heterocycles. The Morgan fingerprint density at radius 2 is 1.90 bits per heavy atom. The van der Waals surface area contributed by atoms with Crippen LogP contribution in [0, 0.1) is 12.7 Å². The average Bonchev–Trinajstić information content (AvgIpc) is 2.37. The van der Waals surface area contributed by atoms with E-state index in [2.05, 4.69) is 9.97 Å². The Bertz CT molecular complexity index is 666. The Labute approximate surface area is 118 Å². The van der Waals surface area contributed by atoms with Crippen molar-refractivity contribution in [3.8, 4) is 11.4 Å². The Morgan fingerprint density at radius 3 is 2.43 bits per heavy atom. The van der Waals surface area contributed by atoms with E-state index in [1.807, 2.05) is 0 Å². The number of nitrogens with zero attached hydrogens (tertiary/aromatic N) is 2. The minimum Gasteiger partial charge on any atom is -0.324 e. The predicted molar refractivity (Wildman–Crippen MR) is 69.8 cm³/mol. The summed E-state index contributed by atoms with van der Waals surface area (Å²) in [5.74, 6) is -1.07. The summed E-state index contributed by atoms with van der Waals surface area (Å²) in [4.78, 5) is 7.98. The van der Waals surface area contributed by atoms with Gasteiger partial charge in [-0.1, -0.05) is 0 Å². The van der Waals surface area contributed by atoms with E-state index in [1.165, 1.54) is 6.20 Å². The summed E-state index contributed by atoms with van der Waals surface area (Å²) < 4.78 is 52.0. The average molecular weight is 299 g/mol. The number of hydrogen-bond donors (Lipinski definition) is 1. The molecule has 0 saturated heterocycles. The molecule has 0 fully saturated rings. The van der Waals surface area contributed by atoms with Gasteiger partial charge >= 0.3 is 6.18 Å². The number of aryl methyl sites for hydroxylation is 1. The molecule has 0 aliphatic rings. The van der Waals surface area contributed by atoms with Crippen LogP contribution in [0.5, 0.6) is 0 Å². The summed E-state index contributed by atoms with van der Waals surface area (Å²) >= 11 is 0. The lowest BCUT2D eigenvalue weighted by atomic mass is 10.0. The van der Waals surface area contributed by atoms with Crippen molar-refractivity contribution in [1.29, 1.82) is 0 Å². The third-order valence-electron chi connectivity index (χ3n) is 3.04. The third-order valence-corrected chi connectivity index (χ3v) is 3.04. The van der Waals surface area contributed by atoms with Crippen LogP contribution in [0.1, 0.15) is 29.8 Å². The molecular formula is C14H13F4N3. The molecule has 2 N–H and O–H groups in total. The summed E-state index contributed by atoms with van der Waals surface area (Å²) in [6.45, 7) is 3.37. The van der Waals surface area contributed by atoms with Gasteiger partial charge in [0.15, 0.2) is 5.82 Å². The van der Waals surface area contributed by atoms with E-state index in [0.717, 1.165) is 12.1 Å². The molecule has 1 heterocycles. The zero-order chi connectivity index (χ0) is 15.8. The molecule has 0 radical (unpaired) electrons. The number of halogens is 4. The molecule has 0 saturated carbocycles. The Morgan fingerprint density at radius 1 is 1.24 bits per heavy atom. The van der Waals surface area contributed by atoms with Crippen LogP contribution in [-0.4, -0.2) is 9.97 Å². The van der Waals surface area contributed by atoms with Gasteiger partial charge in [0.2, 0.25) is 0 Å². The predicted octanol–water partition coefficient (Wildman–Crippen LogP) is 3.63. The first-order valence-corrected chi connectivity index (χ1v) is 6.16. The van der Waals surface area contributed by atoms with Crippen LogP contribution >= 0.6 is 0 Å². The minimum absolute atomic E-state index is 0.107. The van der Waals surface area contributed by atoms with Crippen LogP contribution in [0.4, 0.5) is 17.6 Å². The van der Waals surface area contributed by atoms with Crippen molar-refractivity contribution in [1.82, 2.24) is 9.97 Å². The van der Waals surface area contributed by atoms with Gasteiger partial charge in [0.1, 0.15) is 5.82 Å². The molecule has 1 aromatic carbocycles. The zero-order valence-corrected chi connectivity index (χ0v) is 11.4. The van der Waals surface area contributed by atoms with Crippen molar-refractivity contribution in [2.75, 3.05) is 0 Å². The molecule has 0 bridgehead atoms. The lowest BCUT2D eigenvalue weighted by Gasteiger charge is -2.14. The highest BCUT2D eigenvalue weighted by Gasteiger charge is 2.35. The van der Waals surface area contributed by atoms with Crippen LogP contribution < -0.4 is 5.73 Å². The van der Waals surface area contributed by atoms with Crippen molar-refractivity contribution in [3.05, 3.63) is 47.0 Å². The van der Waals surface area contributed by atoms with Crippen molar-refractivity contribution >= 4 is 0 Å². The van der Waals surface area contributed by atoms with Crippen molar-refractivity contribution < 1.29 is 17.6 Å². The molecule has 1 atom stereocenters. The first-order chi connectivity index (χ1) is 9.70. The highest BCUT2D eigenvalue weighted by molar-refractivity contribution is 5.61. The van der Waals surface area contributed by atoms with Gasteiger partial charge in [-0.2, -0.15) is 13.2 Å². The molecule has 0 aliphatic carbocycles. The maximum absolute atomic E-state index is 13.1. The van der Waals surface area contributed by atoms with E-state index < -0.39 is 17.6 Å². The molecule has 0 spiro atoms. The topological polar surface area (TPSA) is 51.8 Å². The van der Waals surface area contributed by atoms with Crippen LogP contribution in [0.3, 0.4) is 0 Å². The molecule has 2 aromatic rings.